The van der Waals surface area contributed by atoms with Gasteiger partial charge in [0.25, 0.3) is 11.8 Å². The summed E-state index contributed by atoms with van der Waals surface area (Å²) < 4.78 is 13.5. The highest BCUT2D eigenvalue weighted by molar-refractivity contribution is 6.30. The van der Waals surface area contributed by atoms with Gasteiger partial charge < -0.3 is 0 Å². The largest absolute Gasteiger partial charge is 0.270 e. The van der Waals surface area contributed by atoms with E-state index in [0.717, 1.165) is 0 Å². The van der Waals surface area contributed by atoms with Crippen molar-refractivity contribution in [1.82, 2.24) is 15.8 Å². The van der Waals surface area contributed by atoms with Gasteiger partial charge in [-0.1, -0.05) is 11.6 Å². The lowest BCUT2D eigenvalue weighted by Crippen LogP contribution is -2.41. The van der Waals surface area contributed by atoms with Crippen molar-refractivity contribution in [3.63, 3.8) is 0 Å². The van der Waals surface area contributed by atoms with E-state index in [-0.39, 0.29) is 5.56 Å². The minimum Gasteiger partial charge on any atom is -0.267 e. The number of hydrogen-bond acceptors (Lipinski definition) is 3. The fourth-order valence-corrected chi connectivity index (χ4v) is 2.50. The number of halogens is 2. The van der Waals surface area contributed by atoms with Crippen LogP contribution in [-0.2, 0) is 0 Å². The van der Waals surface area contributed by atoms with Crippen LogP contribution in [0.4, 0.5) is 4.39 Å². The van der Waals surface area contributed by atoms with Crippen LogP contribution in [0.3, 0.4) is 0 Å². The first-order valence-corrected chi connectivity index (χ1v) is 7.75. The Morgan fingerprint density at radius 1 is 1.00 bits per heavy atom. The first kappa shape index (κ1) is 16.9. The molecule has 0 unspecified atom stereocenters. The van der Waals surface area contributed by atoms with Gasteiger partial charge in [-0.15, -0.1) is 0 Å². The summed E-state index contributed by atoms with van der Waals surface area (Å²) >= 11 is 5.77. The predicted octanol–water partition coefficient (Wildman–Crippen LogP) is 3.41. The van der Waals surface area contributed by atoms with Crippen molar-refractivity contribution >= 4 is 34.3 Å². The molecule has 2 amide bonds. The SMILES string of the molecule is Cc1cc(C(=O)NNC(=O)c2ccc(Cl)cc2)c2cc(F)ccc2n1. The molecule has 0 atom stereocenters. The van der Waals surface area contributed by atoms with Crippen molar-refractivity contribution in [2.45, 2.75) is 6.92 Å². The Kier molecular flexibility index (Phi) is 4.63. The average molecular weight is 358 g/mol. The first-order valence-electron chi connectivity index (χ1n) is 7.37. The average Bonchev–Trinajstić information content (AvgIpc) is 2.59. The second-order valence-electron chi connectivity index (χ2n) is 5.39. The lowest BCUT2D eigenvalue weighted by atomic mass is 10.1. The van der Waals surface area contributed by atoms with Crippen molar-refractivity contribution in [2.75, 3.05) is 0 Å². The van der Waals surface area contributed by atoms with Gasteiger partial charge in [0.05, 0.1) is 11.1 Å². The molecule has 0 saturated carbocycles. The molecule has 126 valence electrons. The minimum atomic E-state index is -0.566. The molecule has 0 aliphatic carbocycles. The molecule has 1 aromatic heterocycles. The number of rotatable bonds is 2. The van der Waals surface area contributed by atoms with E-state index in [1.165, 1.54) is 36.4 Å². The van der Waals surface area contributed by atoms with Crippen LogP contribution in [0.25, 0.3) is 10.9 Å². The number of aryl methyl sites for hydroxylation is 1. The predicted molar refractivity (Wildman–Crippen MR) is 92.8 cm³/mol. The van der Waals surface area contributed by atoms with Crippen LogP contribution in [0.2, 0.25) is 5.02 Å². The number of hydrazine groups is 1. The van der Waals surface area contributed by atoms with E-state index in [2.05, 4.69) is 15.8 Å². The molecule has 2 aromatic carbocycles. The third-order valence-corrected chi connectivity index (χ3v) is 3.79. The summed E-state index contributed by atoms with van der Waals surface area (Å²) in [6.07, 6.45) is 0. The minimum absolute atomic E-state index is 0.221. The summed E-state index contributed by atoms with van der Waals surface area (Å²) in [7, 11) is 0. The quantitative estimate of drug-likeness (QED) is 0.690. The maximum Gasteiger partial charge on any atom is 0.270 e. The summed E-state index contributed by atoms with van der Waals surface area (Å²) in [4.78, 5) is 28.7. The van der Waals surface area contributed by atoms with E-state index in [1.807, 2.05) is 0 Å². The number of hydrogen-bond donors (Lipinski definition) is 2. The Hall–Kier alpha value is -2.99. The maximum absolute atomic E-state index is 13.5. The zero-order chi connectivity index (χ0) is 18.0. The summed E-state index contributed by atoms with van der Waals surface area (Å²) in [5.74, 6) is -1.54. The number of nitrogens with zero attached hydrogens (tertiary/aromatic N) is 1. The highest BCUT2D eigenvalue weighted by Crippen LogP contribution is 2.19. The molecule has 25 heavy (non-hydrogen) atoms. The van der Waals surface area contributed by atoms with Crippen LogP contribution in [-0.4, -0.2) is 16.8 Å². The van der Waals surface area contributed by atoms with Gasteiger partial charge in [0.2, 0.25) is 0 Å². The van der Waals surface area contributed by atoms with E-state index in [0.29, 0.717) is 27.2 Å². The molecule has 5 nitrogen and oxygen atoms in total. The number of benzene rings is 2. The smallest absolute Gasteiger partial charge is 0.267 e. The summed E-state index contributed by atoms with van der Waals surface area (Å²) in [6.45, 7) is 1.73. The molecule has 3 rings (SSSR count). The summed E-state index contributed by atoms with van der Waals surface area (Å²) in [5, 5.41) is 0.866. The molecule has 7 heteroatoms. The maximum atomic E-state index is 13.5. The molecule has 2 N–H and O–H groups in total. The van der Waals surface area contributed by atoms with E-state index in [9.17, 15) is 14.0 Å². The van der Waals surface area contributed by atoms with Crippen LogP contribution in [0, 0.1) is 12.7 Å². The fraction of sp³-hybridized carbons (Fsp3) is 0.0556. The van der Waals surface area contributed by atoms with E-state index in [1.54, 1.807) is 19.1 Å². The van der Waals surface area contributed by atoms with Gasteiger partial charge in [-0.25, -0.2) is 4.39 Å². The van der Waals surface area contributed by atoms with Crippen LogP contribution < -0.4 is 10.9 Å². The van der Waals surface area contributed by atoms with Crippen LogP contribution in [0.5, 0.6) is 0 Å². The zero-order valence-electron chi connectivity index (χ0n) is 13.1. The number of amides is 2. The molecule has 3 aromatic rings. The Morgan fingerprint density at radius 3 is 2.40 bits per heavy atom. The van der Waals surface area contributed by atoms with Gasteiger partial charge in [0, 0.05) is 21.7 Å². The van der Waals surface area contributed by atoms with Crippen molar-refractivity contribution in [3.05, 3.63) is 76.2 Å². The van der Waals surface area contributed by atoms with Gasteiger partial charge in [0.15, 0.2) is 0 Å². The Balaban J connectivity index is 1.81. The Morgan fingerprint density at radius 2 is 1.68 bits per heavy atom. The van der Waals surface area contributed by atoms with Crippen LogP contribution in [0.15, 0.2) is 48.5 Å². The number of nitrogens with one attached hydrogen (secondary N) is 2. The van der Waals surface area contributed by atoms with Gasteiger partial charge in [-0.05, 0) is 55.5 Å². The molecule has 0 aliphatic rings. The lowest BCUT2D eigenvalue weighted by molar-refractivity contribution is 0.0847. The Bertz CT molecular complexity index is 974. The molecule has 0 aliphatic heterocycles. The molecule has 0 saturated heterocycles. The van der Waals surface area contributed by atoms with E-state index < -0.39 is 17.6 Å². The lowest BCUT2D eigenvalue weighted by Gasteiger charge is -2.10. The number of carbonyl (C=O) groups excluding carboxylic acids is 2. The number of carbonyl (C=O) groups is 2. The van der Waals surface area contributed by atoms with Crippen molar-refractivity contribution in [2.24, 2.45) is 0 Å². The molecule has 1 heterocycles. The monoisotopic (exact) mass is 357 g/mol. The second-order valence-corrected chi connectivity index (χ2v) is 5.82. The van der Waals surface area contributed by atoms with Gasteiger partial charge in [-0.2, -0.15) is 0 Å². The van der Waals surface area contributed by atoms with Crippen molar-refractivity contribution in [3.8, 4) is 0 Å². The van der Waals surface area contributed by atoms with Crippen molar-refractivity contribution in [1.29, 1.82) is 0 Å². The molecule has 0 bridgehead atoms. The van der Waals surface area contributed by atoms with Crippen LogP contribution in [0.1, 0.15) is 26.4 Å². The van der Waals surface area contributed by atoms with Crippen LogP contribution >= 0.6 is 11.6 Å². The van der Waals surface area contributed by atoms with Gasteiger partial charge in [-0.3, -0.25) is 25.4 Å². The highest BCUT2D eigenvalue weighted by Gasteiger charge is 2.14. The molecule has 0 spiro atoms. The molecule has 0 fully saturated rings. The number of aromatic nitrogens is 1. The zero-order valence-corrected chi connectivity index (χ0v) is 13.9. The first-order chi connectivity index (χ1) is 11.9. The molecular formula is C18H13ClFN3O2. The van der Waals surface area contributed by atoms with Crippen molar-refractivity contribution < 1.29 is 14.0 Å². The topological polar surface area (TPSA) is 71.1 Å². The fourth-order valence-electron chi connectivity index (χ4n) is 2.37. The number of pyridine rings is 1. The highest BCUT2D eigenvalue weighted by atomic mass is 35.5. The number of fused-ring (bicyclic) bond motifs is 1. The standard InChI is InChI=1S/C18H13ClFN3O2/c1-10-8-15(14-9-13(20)6-7-16(14)21-10)18(25)23-22-17(24)11-2-4-12(19)5-3-11/h2-9H,1H3,(H,22,24)(H,23,25). The third-order valence-electron chi connectivity index (χ3n) is 3.54. The van der Waals surface area contributed by atoms with E-state index in [4.69, 9.17) is 11.6 Å². The van der Waals surface area contributed by atoms with E-state index >= 15 is 0 Å². The normalized spacial score (nSPS) is 10.5. The summed E-state index contributed by atoms with van der Waals surface area (Å²) in [6, 6.07) is 11.8. The second kappa shape index (κ2) is 6.86. The molecule has 0 radical (unpaired) electrons. The van der Waals surface area contributed by atoms with Gasteiger partial charge in [0.1, 0.15) is 5.82 Å². The molecular weight excluding hydrogens is 345 g/mol. The van der Waals surface area contributed by atoms with Gasteiger partial charge >= 0.3 is 0 Å². The Labute approximate surface area is 147 Å². The summed E-state index contributed by atoms with van der Waals surface area (Å²) in [5.41, 5.74) is 6.31. The third kappa shape index (κ3) is 3.75.